The molecule has 2 amide bonds. The van der Waals surface area contributed by atoms with Crippen LogP contribution in [0.15, 0.2) is 18.2 Å². The van der Waals surface area contributed by atoms with Crippen LogP contribution in [-0.4, -0.2) is 37.1 Å². The van der Waals surface area contributed by atoms with E-state index in [2.05, 4.69) is 10.6 Å². The lowest BCUT2D eigenvalue weighted by atomic mass is 10.1. The molecule has 1 aromatic carbocycles. The number of likely N-dealkylation sites (N-methyl/N-ethyl adjacent to an activating group) is 1. The summed E-state index contributed by atoms with van der Waals surface area (Å²) in [7, 11) is 1.94. The third-order valence-corrected chi connectivity index (χ3v) is 3.95. The lowest BCUT2D eigenvalue weighted by Crippen LogP contribution is -2.48. The van der Waals surface area contributed by atoms with E-state index >= 15 is 0 Å². The van der Waals surface area contributed by atoms with E-state index in [0.717, 1.165) is 37.2 Å². The summed E-state index contributed by atoms with van der Waals surface area (Å²) in [6.07, 6.45) is 2.16. The van der Waals surface area contributed by atoms with Gasteiger partial charge in [0.25, 0.3) is 0 Å². The highest BCUT2D eigenvalue weighted by molar-refractivity contribution is 6.31. The average Bonchev–Trinajstić information content (AvgIpc) is 2.43. The fourth-order valence-corrected chi connectivity index (χ4v) is 2.45. The van der Waals surface area contributed by atoms with Crippen molar-refractivity contribution in [2.24, 2.45) is 0 Å². The summed E-state index contributed by atoms with van der Waals surface area (Å²) in [5.74, 6) is 0. The molecule has 1 unspecified atom stereocenters. The smallest absolute Gasteiger partial charge is 0.321 e. The maximum absolute atomic E-state index is 12.2. The molecule has 1 atom stereocenters. The number of halogens is 1. The molecule has 1 aliphatic rings. The van der Waals surface area contributed by atoms with Crippen molar-refractivity contribution in [1.29, 1.82) is 0 Å². The van der Waals surface area contributed by atoms with Crippen LogP contribution in [0.5, 0.6) is 0 Å². The van der Waals surface area contributed by atoms with Crippen LogP contribution in [0.2, 0.25) is 5.02 Å². The number of anilines is 1. The third-order valence-electron chi connectivity index (χ3n) is 3.54. The molecule has 5 heteroatoms. The van der Waals surface area contributed by atoms with Crippen LogP contribution in [0.1, 0.15) is 18.4 Å². The zero-order valence-electron chi connectivity index (χ0n) is 11.4. The largest absolute Gasteiger partial charge is 0.323 e. The predicted molar refractivity (Wildman–Crippen MR) is 78.9 cm³/mol. The number of piperidine rings is 1. The molecule has 104 valence electrons. The van der Waals surface area contributed by atoms with Gasteiger partial charge in [0.15, 0.2) is 0 Å². The highest BCUT2D eigenvalue weighted by Gasteiger charge is 2.22. The standard InChI is InChI=1S/C14H20ClN3O/c1-10-5-6-11(8-13(10)15)17-14(19)18-7-3-4-12(9-18)16-2/h5-6,8,12,16H,3-4,7,9H2,1-2H3,(H,17,19). The van der Waals surface area contributed by atoms with E-state index < -0.39 is 0 Å². The van der Waals surface area contributed by atoms with Crippen molar-refractivity contribution in [2.45, 2.75) is 25.8 Å². The van der Waals surface area contributed by atoms with Gasteiger partial charge in [-0.3, -0.25) is 0 Å². The van der Waals surface area contributed by atoms with Gasteiger partial charge in [-0.05, 0) is 44.5 Å². The van der Waals surface area contributed by atoms with Gasteiger partial charge in [-0.2, -0.15) is 0 Å². The minimum absolute atomic E-state index is 0.0557. The highest BCUT2D eigenvalue weighted by atomic mass is 35.5. The first-order chi connectivity index (χ1) is 9.10. The number of urea groups is 1. The van der Waals surface area contributed by atoms with Crippen LogP contribution < -0.4 is 10.6 Å². The molecule has 19 heavy (non-hydrogen) atoms. The van der Waals surface area contributed by atoms with Crippen LogP contribution in [0.4, 0.5) is 10.5 Å². The Kier molecular flexibility index (Phi) is 4.66. The maximum atomic E-state index is 12.2. The van der Waals surface area contributed by atoms with Crippen molar-refractivity contribution >= 4 is 23.3 Å². The quantitative estimate of drug-likeness (QED) is 0.875. The van der Waals surface area contributed by atoms with E-state index in [1.54, 1.807) is 6.07 Å². The molecule has 1 heterocycles. The first kappa shape index (κ1) is 14.2. The van der Waals surface area contributed by atoms with Crippen molar-refractivity contribution < 1.29 is 4.79 Å². The summed E-state index contributed by atoms with van der Waals surface area (Å²) in [5, 5.41) is 6.80. The number of benzene rings is 1. The van der Waals surface area contributed by atoms with E-state index in [1.807, 2.05) is 31.0 Å². The summed E-state index contributed by atoms with van der Waals surface area (Å²) in [6.45, 7) is 3.50. The number of nitrogens with zero attached hydrogens (tertiary/aromatic N) is 1. The zero-order chi connectivity index (χ0) is 13.8. The van der Waals surface area contributed by atoms with Gasteiger partial charge in [-0.25, -0.2) is 4.79 Å². The average molecular weight is 282 g/mol. The van der Waals surface area contributed by atoms with Gasteiger partial charge < -0.3 is 15.5 Å². The third kappa shape index (κ3) is 3.61. The highest BCUT2D eigenvalue weighted by Crippen LogP contribution is 2.20. The second-order valence-corrected chi connectivity index (χ2v) is 5.38. The first-order valence-corrected chi connectivity index (χ1v) is 6.97. The molecule has 2 rings (SSSR count). The Morgan fingerprint density at radius 1 is 1.47 bits per heavy atom. The summed E-state index contributed by atoms with van der Waals surface area (Å²) < 4.78 is 0. The van der Waals surface area contributed by atoms with Gasteiger partial charge in [0.2, 0.25) is 0 Å². The lowest BCUT2D eigenvalue weighted by molar-refractivity contribution is 0.187. The molecular weight excluding hydrogens is 262 g/mol. The van der Waals surface area contributed by atoms with Crippen molar-refractivity contribution in [3.63, 3.8) is 0 Å². The molecule has 1 saturated heterocycles. The number of rotatable bonds is 2. The normalized spacial score (nSPS) is 19.3. The molecule has 2 N–H and O–H groups in total. The van der Waals surface area contributed by atoms with Gasteiger partial charge >= 0.3 is 6.03 Å². The molecule has 0 saturated carbocycles. The Morgan fingerprint density at radius 3 is 2.95 bits per heavy atom. The van der Waals surface area contributed by atoms with Crippen LogP contribution in [0, 0.1) is 6.92 Å². The van der Waals surface area contributed by atoms with Crippen molar-refractivity contribution in [1.82, 2.24) is 10.2 Å². The van der Waals surface area contributed by atoms with E-state index in [1.165, 1.54) is 0 Å². The molecule has 4 nitrogen and oxygen atoms in total. The Labute approximate surface area is 119 Å². The summed E-state index contributed by atoms with van der Waals surface area (Å²) in [5.41, 5.74) is 1.75. The van der Waals surface area contributed by atoms with Gasteiger partial charge in [-0.15, -0.1) is 0 Å². The van der Waals surface area contributed by atoms with E-state index in [-0.39, 0.29) is 6.03 Å². The lowest BCUT2D eigenvalue weighted by Gasteiger charge is -2.32. The SMILES string of the molecule is CNC1CCCN(C(=O)Nc2ccc(C)c(Cl)c2)C1. The van der Waals surface area contributed by atoms with Crippen LogP contribution in [0.3, 0.4) is 0 Å². The Bertz CT molecular complexity index is 464. The molecule has 0 bridgehead atoms. The van der Waals surface area contributed by atoms with Crippen LogP contribution in [0.25, 0.3) is 0 Å². The number of likely N-dealkylation sites (tertiary alicyclic amines) is 1. The number of hydrogen-bond acceptors (Lipinski definition) is 2. The number of carbonyl (C=O) groups excluding carboxylic acids is 1. The number of nitrogens with one attached hydrogen (secondary N) is 2. The van der Waals surface area contributed by atoms with Crippen molar-refractivity contribution in [2.75, 3.05) is 25.5 Å². The van der Waals surface area contributed by atoms with E-state index in [9.17, 15) is 4.79 Å². The summed E-state index contributed by atoms with van der Waals surface area (Å²) >= 11 is 6.05. The molecular formula is C14H20ClN3O. The summed E-state index contributed by atoms with van der Waals surface area (Å²) in [6, 6.07) is 5.90. The minimum atomic E-state index is -0.0557. The maximum Gasteiger partial charge on any atom is 0.321 e. The van der Waals surface area contributed by atoms with Crippen LogP contribution >= 0.6 is 11.6 Å². The number of carbonyl (C=O) groups is 1. The Balaban J connectivity index is 1.98. The minimum Gasteiger partial charge on any atom is -0.323 e. The fraction of sp³-hybridized carbons (Fsp3) is 0.500. The topological polar surface area (TPSA) is 44.4 Å². The molecule has 0 aromatic heterocycles. The van der Waals surface area contributed by atoms with Gasteiger partial charge in [0, 0.05) is 29.8 Å². The monoisotopic (exact) mass is 281 g/mol. The van der Waals surface area contributed by atoms with E-state index in [4.69, 9.17) is 11.6 Å². The first-order valence-electron chi connectivity index (χ1n) is 6.59. The molecule has 1 aliphatic heterocycles. The number of amides is 2. The zero-order valence-corrected chi connectivity index (χ0v) is 12.1. The van der Waals surface area contributed by atoms with Crippen molar-refractivity contribution in [3.05, 3.63) is 28.8 Å². The van der Waals surface area contributed by atoms with Crippen LogP contribution in [-0.2, 0) is 0 Å². The fourth-order valence-electron chi connectivity index (χ4n) is 2.27. The van der Waals surface area contributed by atoms with E-state index in [0.29, 0.717) is 11.1 Å². The Hall–Kier alpha value is -1.26. The van der Waals surface area contributed by atoms with Gasteiger partial charge in [0.05, 0.1) is 0 Å². The predicted octanol–water partition coefficient (Wildman–Crippen LogP) is 2.86. The molecule has 0 spiro atoms. The molecule has 0 radical (unpaired) electrons. The molecule has 1 aromatic rings. The molecule has 0 aliphatic carbocycles. The number of aryl methyl sites for hydroxylation is 1. The van der Waals surface area contributed by atoms with Crippen molar-refractivity contribution in [3.8, 4) is 0 Å². The second-order valence-electron chi connectivity index (χ2n) is 4.97. The van der Waals surface area contributed by atoms with Gasteiger partial charge in [-0.1, -0.05) is 17.7 Å². The molecule has 1 fully saturated rings. The number of hydrogen-bond donors (Lipinski definition) is 2. The Morgan fingerprint density at radius 2 is 2.26 bits per heavy atom. The second kappa shape index (κ2) is 6.26. The summed E-state index contributed by atoms with van der Waals surface area (Å²) in [4.78, 5) is 14.0. The van der Waals surface area contributed by atoms with Gasteiger partial charge in [0.1, 0.15) is 0 Å².